The van der Waals surface area contributed by atoms with Crippen LogP contribution in [-0.2, 0) is 28.5 Å². The minimum Gasteiger partial charge on any atom is -0.499 e. The fraction of sp³-hybridized carbons (Fsp3) is 0.636. The Balaban J connectivity index is 2.18. The second-order valence-corrected chi connectivity index (χ2v) is 4.50. The lowest BCUT2D eigenvalue weighted by Crippen LogP contribution is -2.33. The first-order valence-corrected chi connectivity index (χ1v) is 5.44. The summed E-state index contributed by atoms with van der Waals surface area (Å²) < 4.78 is 20.6. The molecular formula is C11H14O7. The van der Waals surface area contributed by atoms with Gasteiger partial charge in [0.2, 0.25) is 11.5 Å². The molecule has 100 valence electrons. The van der Waals surface area contributed by atoms with Gasteiger partial charge in [-0.05, 0) is 13.8 Å². The van der Waals surface area contributed by atoms with Gasteiger partial charge in [-0.1, -0.05) is 0 Å². The van der Waals surface area contributed by atoms with E-state index in [1.165, 1.54) is 0 Å². The van der Waals surface area contributed by atoms with Gasteiger partial charge in [0.1, 0.15) is 6.10 Å². The Morgan fingerprint density at radius 2 is 2.17 bits per heavy atom. The number of ether oxygens (including phenoxy) is 4. The van der Waals surface area contributed by atoms with Crippen molar-refractivity contribution < 1.29 is 33.6 Å². The summed E-state index contributed by atoms with van der Waals surface area (Å²) >= 11 is 0. The number of carbonyl (C=O) groups excluding carboxylic acids is 2. The van der Waals surface area contributed by atoms with Gasteiger partial charge in [-0.3, -0.25) is 4.79 Å². The number of aliphatic hydroxyl groups excluding tert-OH is 1. The van der Waals surface area contributed by atoms with Gasteiger partial charge in [0.25, 0.3) is 0 Å². The third-order valence-electron chi connectivity index (χ3n) is 2.54. The third-order valence-corrected chi connectivity index (χ3v) is 2.54. The Hall–Kier alpha value is -1.60. The Morgan fingerprint density at radius 3 is 2.67 bits per heavy atom. The van der Waals surface area contributed by atoms with Crippen LogP contribution in [0.15, 0.2) is 11.5 Å². The molecule has 0 aromatic rings. The quantitative estimate of drug-likeness (QED) is 0.716. The first-order chi connectivity index (χ1) is 8.30. The van der Waals surface area contributed by atoms with E-state index in [1.807, 2.05) is 0 Å². The van der Waals surface area contributed by atoms with E-state index in [0.29, 0.717) is 0 Å². The number of carbonyl (C=O) groups is 2. The molecule has 2 heterocycles. The van der Waals surface area contributed by atoms with Gasteiger partial charge in [0.15, 0.2) is 11.9 Å². The van der Waals surface area contributed by atoms with Crippen molar-refractivity contribution in [3.05, 3.63) is 11.5 Å². The summed E-state index contributed by atoms with van der Waals surface area (Å²) in [6.07, 6.45) is -1.59. The van der Waals surface area contributed by atoms with Gasteiger partial charge in [-0.2, -0.15) is 0 Å². The maximum absolute atomic E-state index is 11.3. The first-order valence-electron chi connectivity index (χ1n) is 5.44. The topological polar surface area (TPSA) is 91.3 Å². The van der Waals surface area contributed by atoms with Crippen molar-refractivity contribution in [2.45, 2.75) is 38.8 Å². The zero-order valence-corrected chi connectivity index (χ0v) is 10.3. The van der Waals surface area contributed by atoms with Crippen LogP contribution < -0.4 is 0 Å². The molecule has 7 nitrogen and oxygen atoms in total. The van der Waals surface area contributed by atoms with Crippen LogP contribution in [-0.4, -0.2) is 41.6 Å². The highest BCUT2D eigenvalue weighted by Gasteiger charge is 2.47. The lowest BCUT2D eigenvalue weighted by atomic mass is 10.2. The highest BCUT2D eigenvalue weighted by Crippen LogP contribution is 2.32. The van der Waals surface area contributed by atoms with Gasteiger partial charge in [0.05, 0.1) is 6.61 Å². The van der Waals surface area contributed by atoms with Crippen molar-refractivity contribution in [2.75, 3.05) is 6.61 Å². The smallest absolute Gasteiger partial charge is 0.378 e. The van der Waals surface area contributed by atoms with Crippen LogP contribution in [0.4, 0.5) is 0 Å². The lowest BCUT2D eigenvalue weighted by molar-refractivity contribution is -0.165. The van der Waals surface area contributed by atoms with Crippen molar-refractivity contribution in [3.8, 4) is 0 Å². The van der Waals surface area contributed by atoms with E-state index in [1.54, 1.807) is 13.8 Å². The molecule has 0 aliphatic carbocycles. The first kappa shape index (κ1) is 12.8. The van der Waals surface area contributed by atoms with Crippen LogP contribution in [0.25, 0.3) is 0 Å². The Morgan fingerprint density at radius 1 is 1.50 bits per heavy atom. The van der Waals surface area contributed by atoms with Gasteiger partial charge < -0.3 is 24.1 Å². The van der Waals surface area contributed by atoms with Crippen molar-refractivity contribution >= 4 is 11.9 Å². The molecule has 2 atom stereocenters. The van der Waals surface area contributed by atoms with Crippen molar-refractivity contribution in [1.82, 2.24) is 0 Å². The lowest BCUT2D eigenvalue weighted by Gasteiger charge is -2.21. The van der Waals surface area contributed by atoms with Crippen LogP contribution in [0.2, 0.25) is 0 Å². The van der Waals surface area contributed by atoms with E-state index in [4.69, 9.17) is 18.9 Å². The number of cyclic esters (lactones) is 1. The summed E-state index contributed by atoms with van der Waals surface area (Å²) in [4.78, 5) is 22.2. The molecular weight excluding hydrogens is 244 g/mol. The molecule has 0 saturated carbocycles. The molecule has 0 radical (unpaired) electrons. The predicted octanol–water partition coefficient (Wildman–Crippen LogP) is 0.396. The minimum absolute atomic E-state index is 0.170. The maximum atomic E-state index is 11.3. The average Bonchev–Trinajstić information content (AvgIpc) is 2.72. The zero-order chi connectivity index (χ0) is 13.5. The summed E-state index contributed by atoms with van der Waals surface area (Å²) in [5.74, 6) is -3.33. The van der Waals surface area contributed by atoms with E-state index in [-0.39, 0.29) is 12.4 Å². The molecule has 0 aromatic carbocycles. The maximum Gasteiger partial charge on any atom is 0.378 e. The van der Waals surface area contributed by atoms with Crippen LogP contribution in [0.1, 0.15) is 20.8 Å². The van der Waals surface area contributed by atoms with Gasteiger partial charge in [-0.25, -0.2) is 4.79 Å². The molecule has 1 saturated heterocycles. The molecule has 18 heavy (non-hydrogen) atoms. The minimum atomic E-state index is -0.969. The largest absolute Gasteiger partial charge is 0.499 e. The van der Waals surface area contributed by atoms with Crippen LogP contribution in [0, 0.1) is 0 Å². The van der Waals surface area contributed by atoms with Gasteiger partial charge >= 0.3 is 11.9 Å². The summed E-state index contributed by atoms with van der Waals surface area (Å²) in [6, 6.07) is 0. The van der Waals surface area contributed by atoms with Gasteiger partial charge in [-0.15, -0.1) is 0 Å². The zero-order valence-electron chi connectivity index (χ0n) is 10.3. The average molecular weight is 258 g/mol. The number of aliphatic hydroxyl groups is 1. The normalized spacial score (nSPS) is 30.5. The molecule has 1 fully saturated rings. The highest BCUT2D eigenvalue weighted by atomic mass is 16.8. The summed E-state index contributed by atoms with van der Waals surface area (Å²) in [5, 5.41) is 9.50. The van der Waals surface area contributed by atoms with E-state index in [9.17, 15) is 14.7 Å². The standard InChI is InChI=1S/C11H14O7/c1-5(12)16-9-7(13)10(14)17-8(9)6-4-15-11(2,3)18-6/h6,8,13H,4H2,1-3H3/t6-,8+/m0/s1. The predicted molar refractivity (Wildman–Crippen MR) is 56.2 cm³/mol. The molecule has 2 aliphatic rings. The summed E-state index contributed by atoms with van der Waals surface area (Å²) in [6.45, 7) is 4.75. The summed E-state index contributed by atoms with van der Waals surface area (Å²) in [5.41, 5.74) is 0. The van der Waals surface area contributed by atoms with E-state index in [2.05, 4.69) is 0 Å². The van der Waals surface area contributed by atoms with Crippen LogP contribution in [0.3, 0.4) is 0 Å². The molecule has 0 unspecified atom stereocenters. The molecule has 2 aliphatic heterocycles. The van der Waals surface area contributed by atoms with Crippen LogP contribution in [0.5, 0.6) is 0 Å². The number of rotatable bonds is 2. The number of hydrogen-bond donors (Lipinski definition) is 1. The SMILES string of the molecule is CC(=O)OC1=C(O)C(=O)O[C@@H]1[C@@H]1COC(C)(C)O1. The van der Waals surface area contributed by atoms with Crippen LogP contribution >= 0.6 is 0 Å². The Bertz CT molecular complexity index is 423. The number of hydrogen-bond acceptors (Lipinski definition) is 7. The second-order valence-electron chi connectivity index (χ2n) is 4.50. The Kier molecular flexibility index (Phi) is 3.04. The van der Waals surface area contributed by atoms with Gasteiger partial charge in [0, 0.05) is 6.92 Å². The molecule has 0 spiro atoms. The highest BCUT2D eigenvalue weighted by molar-refractivity contribution is 5.90. The summed E-state index contributed by atoms with van der Waals surface area (Å²) in [7, 11) is 0. The molecule has 7 heteroatoms. The van der Waals surface area contributed by atoms with E-state index in [0.717, 1.165) is 6.92 Å². The Labute approximate surface area is 103 Å². The van der Waals surface area contributed by atoms with Crippen molar-refractivity contribution in [2.24, 2.45) is 0 Å². The van der Waals surface area contributed by atoms with E-state index < -0.39 is 35.7 Å². The monoisotopic (exact) mass is 258 g/mol. The van der Waals surface area contributed by atoms with E-state index >= 15 is 0 Å². The van der Waals surface area contributed by atoms with Crippen molar-refractivity contribution in [1.29, 1.82) is 0 Å². The fourth-order valence-electron chi connectivity index (χ4n) is 1.83. The third kappa shape index (κ3) is 2.32. The van der Waals surface area contributed by atoms with Crippen molar-refractivity contribution in [3.63, 3.8) is 0 Å². The molecule has 0 bridgehead atoms. The molecule has 0 aromatic heterocycles. The molecule has 0 amide bonds. The second kappa shape index (κ2) is 4.25. The number of esters is 2. The fourth-order valence-corrected chi connectivity index (χ4v) is 1.83. The molecule has 2 rings (SSSR count). The molecule has 1 N–H and O–H groups in total.